The molecule has 1 heterocycles. The van der Waals surface area contributed by atoms with Gasteiger partial charge in [0.05, 0.1) is 12.3 Å². The molecular formula is C12H23N3O2. The standard InChI is InChI=1S/C12H23N3O2/c1-3-7-15-12(11(13)10(2)14-15)17-9-6-4-5-8-16/h16H,3-9,13H2,1-2H3. The fraction of sp³-hybridized carbons (Fsp3) is 0.750. The molecule has 0 unspecified atom stereocenters. The molecule has 0 fully saturated rings. The lowest BCUT2D eigenvalue weighted by Crippen LogP contribution is -2.07. The van der Waals surface area contributed by atoms with E-state index in [4.69, 9.17) is 15.6 Å². The first-order valence-electron chi connectivity index (χ1n) is 6.27. The Hall–Kier alpha value is -1.23. The van der Waals surface area contributed by atoms with E-state index in [0.717, 1.165) is 37.9 Å². The lowest BCUT2D eigenvalue weighted by atomic mass is 10.2. The first-order valence-corrected chi connectivity index (χ1v) is 6.27. The number of rotatable bonds is 8. The molecule has 1 aromatic rings. The van der Waals surface area contributed by atoms with Crippen LogP contribution in [0.2, 0.25) is 0 Å². The number of nitrogen functional groups attached to an aromatic ring is 1. The van der Waals surface area contributed by atoms with Crippen molar-refractivity contribution in [1.82, 2.24) is 9.78 Å². The maximum atomic E-state index is 8.67. The minimum absolute atomic E-state index is 0.245. The number of unbranched alkanes of at least 4 members (excludes halogenated alkanes) is 2. The van der Waals surface area contributed by atoms with E-state index in [1.807, 2.05) is 11.6 Å². The van der Waals surface area contributed by atoms with Crippen molar-refractivity contribution < 1.29 is 9.84 Å². The van der Waals surface area contributed by atoms with E-state index in [-0.39, 0.29) is 6.61 Å². The van der Waals surface area contributed by atoms with Crippen molar-refractivity contribution in [3.8, 4) is 5.88 Å². The summed E-state index contributed by atoms with van der Waals surface area (Å²) in [5.41, 5.74) is 7.39. The molecule has 1 rings (SSSR count). The second-order valence-corrected chi connectivity index (χ2v) is 4.16. The van der Waals surface area contributed by atoms with E-state index in [1.165, 1.54) is 0 Å². The van der Waals surface area contributed by atoms with Crippen LogP contribution in [0, 0.1) is 6.92 Å². The van der Waals surface area contributed by atoms with Crippen molar-refractivity contribution in [3.63, 3.8) is 0 Å². The number of aromatic nitrogens is 2. The van der Waals surface area contributed by atoms with Gasteiger partial charge in [-0.2, -0.15) is 5.10 Å². The van der Waals surface area contributed by atoms with Crippen LogP contribution < -0.4 is 10.5 Å². The van der Waals surface area contributed by atoms with E-state index in [1.54, 1.807) is 0 Å². The SMILES string of the molecule is CCCn1nc(C)c(N)c1OCCCCCO. The molecule has 0 amide bonds. The van der Waals surface area contributed by atoms with Crippen molar-refractivity contribution in [1.29, 1.82) is 0 Å². The predicted molar refractivity (Wildman–Crippen MR) is 68.1 cm³/mol. The van der Waals surface area contributed by atoms with Crippen LogP contribution >= 0.6 is 0 Å². The van der Waals surface area contributed by atoms with Gasteiger partial charge in [-0.25, -0.2) is 4.68 Å². The van der Waals surface area contributed by atoms with Gasteiger partial charge in [-0.15, -0.1) is 0 Å². The van der Waals surface area contributed by atoms with Crippen LogP contribution in [0.3, 0.4) is 0 Å². The zero-order valence-corrected chi connectivity index (χ0v) is 10.8. The molecule has 17 heavy (non-hydrogen) atoms. The zero-order valence-electron chi connectivity index (χ0n) is 10.8. The molecule has 0 aliphatic rings. The maximum Gasteiger partial charge on any atom is 0.236 e. The highest BCUT2D eigenvalue weighted by Gasteiger charge is 2.12. The third kappa shape index (κ3) is 3.93. The van der Waals surface area contributed by atoms with E-state index < -0.39 is 0 Å². The number of nitrogens with two attached hydrogens (primary N) is 1. The van der Waals surface area contributed by atoms with Gasteiger partial charge in [-0.05, 0) is 32.6 Å². The summed E-state index contributed by atoms with van der Waals surface area (Å²) in [5.74, 6) is 0.688. The Balaban J connectivity index is 2.50. The lowest BCUT2D eigenvalue weighted by Gasteiger charge is -2.09. The van der Waals surface area contributed by atoms with Crippen molar-refractivity contribution in [2.75, 3.05) is 18.9 Å². The second kappa shape index (κ2) is 7.17. The van der Waals surface area contributed by atoms with Crippen molar-refractivity contribution in [3.05, 3.63) is 5.69 Å². The van der Waals surface area contributed by atoms with Gasteiger partial charge in [0, 0.05) is 13.2 Å². The Morgan fingerprint density at radius 1 is 1.35 bits per heavy atom. The number of nitrogens with zero attached hydrogens (tertiary/aromatic N) is 2. The summed E-state index contributed by atoms with van der Waals surface area (Å²) in [6.07, 6.45) is 3.72. The molecule has 0 bridgehead atoms. The molecule has 3 N–H and O–H groups in total. The van der Waals surface area contributed by atoms with Crippen LogP contribution in [0.15, 0.2) is 0 Å². The van der Waals surface area contributed by atoms with Crippen LogP contribution in [0.4, 0.5) is 5.69 Å². The number of aliphatic hydroxyl groups is 1. The van der Waals surface area contributed by atoms with E-state index in [9.17, 15) is 0 Å². The highest BCUT2D eigenvalue weighted by molar-refractivity contribution is 5.52. The Kier molecular flexibility index (Phi) is 5.83. The van der Waals surface area contributed by atoms with Crippen molar-refractivity contribution >= 4 is 5.69 Å². The monoisotopic (exact) mass is 241 g/mol. The van der Waals surface area contributed by atoms with Crippen LogP contribution in [-0.2, 0) is 6.54 Å². The molecule has 0 aliphatic heterocycles. The Morgan fingerprint density at radius 2 is 2.12 bits per heavy atom. The minimum Gasteiger partial charge on any atom is -0.476 e. The summed E-state index contributed by atoms with van der Waals surface area (Å²) < 4.78 is 7.51. The van der Waals surface area contributed by atoms with Gasteiger partial charge in [-0.1, -0.05) is 6.92 Å². The zero-order chi connectivity index (χ0) is 12.7. The highest BCUT2D eigenvalue weighted by atomic mass is 16.5. The summed E-state index contributed by atoms with van der Waals surface area (Å²) in [7, 11) is 0. The smallest absolute Gasteiger partial charge is 0.236 e. The first kappa shape index (κ1) is 13.8. The molecule has 0 radical (unpaired) electrons. The minimum atomic E-state index is 0.245. The number of aliphatic hydroxyl groups excluding tert-OH is 1. The van der Waals surface area contributed by atoms with Crippen LogP contribution in [0.1, 0.15) is 38.3 Å². The highest BCUT2D eigenvalue weighted by Crippen LogP contribution is 2.25. The fourth-order valence-electron chi connectivity index (χ4n) is 1.65. The van der Waals surface area contributed by atoms with Crippen LogP contribution in [-0.4, -0.2) is 28.1 Å². The number of ether oxygens (including phenoxy) is 1. The normalized spacial score (nSPS) is 10.8. The van der Waals surface area contributed by atoms with E-state index in [0.29, 0.717) is 18.2 Å². The molecule has 0 atom stereocenters. The Labute approximate surface area is 103 Å². The summed E-state index contributed by atoms with van der Waals surface area (Å²) in [4.78, 5) is 0. The number of hydrogen-bond acceptors (Lipinski definition) is 4. The molecule has 0 saturated carbocycles. The van der Waals surface area contributed by atoms with Crippen LogP contribution in [0.5, 0.6) is 5.88 Å². The van der Waals surface area contributed by atoms with Gasteiger partial charge in [0.1, 0.15) is 5.69 Å². The summed E-state index contributed by atoms with van der Waals surface area (Å²) in [5, 5.41) is 13.0. The van der Waals surface area contributed by atoms with Gasteiger partial charge in [0.2, 0.25) is 5.88 Å². The molecule has 5 nitrogen and oxygen atoms in total. The molecule has 5 heteroatoms. The molecular weight excluding hydrogens is 218 g/mol. The molecule has 0 saturated heterocycles. The van der Waals surface area contributed by atoms with Gasteiger partial charge in [-0.3, -0.25) is 0 Å². The fourth-order valence-corrected chi connectivity index (χ4v) is 1.65. The summed E-state index contributed by atoms with van der Waals surface area (Å²) in [6.45, 7) is 5.68. The summed E-state index contributed by atoms with van der Waals surface area (Å²) in [6, 6.07) is 0. The maximum absolute atomic E-state index is 8.67. The Morgan fingerprint density at radius 3 is 2.76 bits per heavy atom. The van der Waals surface area contributed by atoms with E-state index >= 15 is 0 Å². The van der Waals surface area contributed by atoms with E-state index in [2.05, 4.69) is 12.0 Å². The van der Waals surface area contributed by atoms with Crippen molar-refractivity contribution in [2.24, 2.45) is 0 Å². The summed E-state index contributed by atoms with van der Waals surface area (Å²) >= 11 is 0. The molecule has 1 aromatic heterocycles. The lowest BCUT2D eigenvalue weighted by molar-refractivity contribution is 0.254. The molecule has 0 aliphatic carbocycles. The predicted octanol–water partition coefficient (Wildman–Crippen LogP) is 1.73. The topological polar surface area (TPSA) is 73.3 Å². The van der Waals surface area contributed by atoms with Gasteiger partial charge in [0.15, 0.2) is 0 Å². The van der Waals surface area contributed by atoms with Gasteiger partial charge >= 0.3 is 0 Å². The third-order valence-corrected chi connectivity index (χ3v) is 2.60. The van der Waals surface area contributed by atoms with Crippen molar-refractivity contribution in [2.45, 2.75) is 46.1 Å². The number of aryl methyl sites for hydroxylation is 2. The third-order valence-electron chi connectivity index (χ3n) is 2.60. The molecule has 0 aromatic carbocycles. The number of hydrogen-bond donors (Lipinski definition) is 2. The average Bonchev–Trinajstić information content (AvgIpc) is 2.57. The van der Waals surface area contributed by atoms with Gasteiger partial charge < -0.3 is 15.6 Å². The van der Waals surface area contributed by atoms with Gasteiger partial charge in [0.25, 0.3) is 0 Å². The molecule has 98 valence electrons. The average molecular weight is 241 g/mol. The van der Waals surface area contributed by atoms with Crippen LogP contribution in [0.25, 0.3) is 0 Å². The largest absolute Gasteiger partial charge is 0.476 e. The molecule has 0 spiro atoms. The second-order valence-electron chi connectivity index (χ2n) is 4.16. The first-order chi connectivity index (χ1) is 8.20. The number of anilines is 1. The Bertz CT molecular complexity index is 337. The quantitative estimate of drug-likeness (QED) is 0.680.